The second kappa shape index (κ2) is 10.4. The summed E-state index contributed by atoms with van der Waals surface area (Å²) < 4.78 is 19.3. The summed E-state index contributed by atoms with van der Waals surface area (Å²) >= 11 is 0. The van der Waals surface area contributed by atoms with Gasteiger partial charge in [-0.1, -0.05) is 13.0 Å². The number of Topliss-reactive ketones (excluding diaryl/α,β-unsaturated/α-hetero) is 1. The third kappa shape index (κ3) is 4.62. The lowest BCUT2D eigenvalue weighted by atomic mass is 9.54. The molecule has 2 aromatic rings. The SMILES string of the molecule is C[C@]12CCC3c4ccc(F)cc4CCC3C1[C@H](CCC(=O)Nc1ccc(N3CCOCC3)cn1)/C(=C/O)C2=O. The summed E-state index contributed by atoms with van der Waals surface area (Å²) in [6.45, 7) is 5.06. The van der Waals surface area contributed by atoms with Crippen molar-refractivity contribution in [2.45, 2.75) is 51.4 Å². The van der Waals surface area contributed by atoms with Crippen molar-refractivity contribution < 1.29 is 23.8 Å². The maximum absolute atomic E-state index is 13.9. The van der Waals surface area contributed by atoms with Gasteiger partial charge in [0.15, 0.2) is 5.78 Å². The van der Waals surface area contributed by atoms with Crippen LogP contribution in [0.4, 0.5) is 15.9 Å². The highest BCUT2D eigenvalue weighted by molar-refractivity contribution is 6.03. The first-order valence-corrected chi connectivity index (χ1v) is 14.1. The van der Waals surface area contributed by atoms with Gasteiger partial charge in [0.2, 0.25) is 5.91 Å². The quantitative estimate of drug-likeness (QED) is 0.407. The van der Waals surface area contributed by atoms with Gasteiger partial charge in [0.1, 0.15) is 11.6 Å². The summed E-state index contributed by atoms with van der Waals surface area (Å²) in [5.41, 5.74) is 3.18. The number of carbonyl (C=O) groups is 2. The van der Waals surface area contributed by atoms with Crippen molar-refractivity contribution in [3.05, 3.63) is 65.3 Å². The zero-order chi connectivity index (χ0) is 27.1. The van der Waals surface area contributed by atoms with Crippen LogP contribution in [0.3, 0.4) is 0 Å². The van der Waals surface area contributed by atoms with Gasteiger partial charge in [-0.3, -0.25) is 9.59 Å². The minimum atomic E-state index is -0.550. The Bertz CT molecular complexity index is 1290. The molecule has 0 spiro atoms. The number of halogens is 1. The van der Waals surface area contributed by atoms with Gasteiger partial charge < -0.3 is 20.1 Å². The normalized spacial score (nSPS) is 31.0. The number of amides is 1. The molecule has 2 heterocycles. The van der Waals surface area contributed by atoms with Crippen LogP contribution in [-0.2, 0) is 20.7 Å². The molecule has 4 aliphatic rings. The van der Waals surface area contributed by atoms with Gasteiger partial charge in [-0.25, -0.2) is 9.37 Å². The average Bonchev–Trinajstić information content (AvgIpc) is 3.18. The molecule has 2 saturated carbocycles. The number of anilines is 2. The zero-order valence-corrected chi connectivity index (χ0v) is 22.4. The molecule has 1 amide bonds. The Kier molecular flexibility index (Phi) is 6.91. The lowest BCUT2D eigenvalue weighted by Gasteiger charge is -2.49. The number of rotatable bonds is 5. The number of aryl methyl sites for hydroxylation is 1. The van der Waals surface area contributed by atoms with Gasteiger partial charge >= 0.3 is 0 Å². The predicted octanol–water partition coefficient (Wildman–Crippen LogP) is 5.18. The van der Waals surface area contributed by atoms with Crippen LogP contribution in [0, 0.1) is 29.0 Å². The largest absolute Gasteiger partial charge is 0.515 e. The van der Waals surface area contributed by atoms with Crippen molar-refractivity contribution >= 4 is 23.2 Å². The fraction of sp³-hybridized carbons (Fsp3) is 0.516. The van der Waals surface area contributed by atoms with Crippen LogP contribution in [0.2, 0.25) is 0 Å². The van der Waals surface area contributed by atoms with E-state index >= 15 is 0 Å². The minimum absolute atomic E-state index is 0.0177. The number of ketones is 1. The van der Waals surface area contributed by atoms with Crippen LogP contribution in [0.25, 0.3) is 0 Å². The average molecular weight is 534 g/mol. The van der Waals surface area contributed by atoms with Crippen LogP contribution in [-0.4, -0.2) is 48.1 Å². The second-order valence-corrected chi connectivity index (χ2v) is 11.7. The van der Waals surface area contributed by atoms with E-state index in [2.05, 4.69) is 15.2 Å². The topological polar surface area (TPSA) is 91.8 Å². The second-order valence-electron chi connectivity index (χ2n) is 11.7. The monoisotopic (exact) mass is 533 g/mol. The number of morpholine rings is 1. The first kappa shape index (κ1) is 26.0. The molecule has 3 unspecified atom stereocenters. The Morgan fingerprint density at radius 1 is 1.26 bits per heavy atom. The summed E-state index contributed by atoms with van der Waals surface area (Å²) in [7, 11) is 0. The standard InChI is InChI=1S/C31H36FN3O4/c1-31-11-10-23-22-6-3-20(32)16-19(22)2-5-24(23)29(31)25(26(18-36)30(31)38)7-9-28(37)34-27-8-4-21(17-33-27)35-12-14-39-15-13-35/h3-4,6,8,16-18,23-25,29,36H,2,5,7,9-15H2,1H3,(H,33,34,37)/b26-18-/t23?,24?,25-,29?,31+/m1/s1. The van der Waals surface area contributed by atoms with E-state index in [-0.39, 0.29) is 47.6 Å². The number of aliphatic hydroxyl groups is 1. The molecule has 2 N–H and O–H groups in total. The molecular formula is C31H36FN3O4. The highest BCUT2D eigenvalue weighted by Gasteiger charge is 2.60. The number of aromatic nitrogens is 1. The lowest BCUT2D eigenvalue weighted by Crippen LogP contribution is -2.44. The van der Waals surface area contributed by atoms with Crippen molar-refractivity contribution in [3.8, 4) is 0 Å². The van der Waals surface area contributed by atoms with Crippen LogP contribution in [0.1, 0.15) is 56.1 Å². The number of benzene rings is 1. The van der Waals surface area contributed by atoms with Gasteiger partial charge in [-0.2, -0.15) is 0 Å². The van der Waals surface area contributed by atoms with E-state index in [0.717, 1.165) is 56.3 Å². The summed E-state index contributed by atoms with van der Waals surface area (Å²) in [5, 5.41) is 13.0. The van der Waals surface area contributed by atoms with Crippen LogP contribution < -0.4 is 10.2 Å². The lowest BCUT2D eigenvalue weighted by molar-refractivity contribution is -0.127. The number of aliphatic hydroxyl groups excluding tert-OH is 1. The molecule has 1 aromatic carbocycles. The molecule has 6 rings (SSSR count). The molecule has 0 bridgehead atoms. The fourth-order valence-electron chi connectivity index (χ4n) is 7.95. The van der Waals surface area contributed by atoms with Crippen molar-refractivity contribution in [3.63, 3.8) is 0 Å². The molecule has 5 atom stereocenters. The molecule has 1 aliphatic heterocycles. The van der Waals surface area contributed by atoms with E-state index in [1.165, 1.54) is 11.6 Å². The molecular weight excluding hydrogens is 497 g/mol. The fourth-order valence-corrected chi connectivity index (χ4v) is 7.95. The predicted molar refractivity (Wildman–Crippen MR) is 146 cm³/mol. The van der Waals surface area contributed by atoms with E-state index in [4.69, 9.17) is 4.74 Å². The van der Waals surface area contributed by atoms with E-state index in [0.29, 0.717) is 31.0 Å². The number of carbonyl (C=O) groups excluding carboxylic acids is 2. The highest BCUT2D eigenvalue weighted by atomic mass is 19.1. The van der Waals surface area contributed by atoms with Gasteiger partial charge in [0, 0.05) is 30.5 Å². The van der Waals surface area contributed by atoms with Gasteiger partial charge in [-0.15, -0.1) is 0 Å². The summed E-state index contributed by atoms with van der Waals surface area (Å²) in [5.74, 6) is 0.527. The van der Waals surface area contributed by atoms with Crippen molar-refractivity contribution in [2.24, 2.45) is 23.2 Å². The maximum Gasteiger partial charge on any atom is 0.225 e. The molecule has 3 aliphatic carbocycles. The third-order valence-electron chi connectivity index (χ3n) is 9.77. The third-order valence-corrected chi connectivity index (χ3v) is 9.77. The number of hydrogen-bond donors (Lipinski definition) is 2. The van der Waals surface area contributed by atoms with Crippen molar-refractivity contribution in [1.82, 2.24) is 4.98 Å². The maximum atomic E-state index is 13.9. The number of fused-ring (bicyclic) bond motifs is 5. The Balaban J connectivity index is 1.16. The first-order valence-electron chi connectivity index (χ1n) is 14.1. The molecule has 7 nitrogen and oxygen atoms in total. The molecule has 3 fully saturated rings. The Morgan fingerprint density at radius 3 is 2.82 bits per heavy atom. The van der Waals surface area contributed by atoms with Crippen LogP contribution in [0.15, 0.2) is 48.4 Å². The number of allylic oxidation sites excluding steroid dienone is 1. The molecule has 1 saturated heterocycles. The highest BCUT2D eigenvalue weighted by Crippen LogP contribution is 2.63. The molecule has 0 radical (unpaired) electrons. The van der Waals surface area contributed by atoms with Crippen LogP contribution in [0.5, 0.6) is 0 Å². The van der Waals surface area contributed by atoms with Crippen LogP contribution >= 0.6 is 0 Å². The van der Waals surface area contributed by atoms with E-state index in [1.807, 2.05) is 25.1 Å². The summed E-state index contributed by atoms with van der Waals surface area (Å²) in [4.78, 5) is 33.2. The molecule has 1 aromatic heterocycles. The van der Waals surface area contributed by atoms with Gasteiger partial charge in [0.05, 0.1) is 31.4 Å². The van der Waals surface area contributed by atoms with Gasteiger partial charge in [0.25, 0.3) is 0 Å². The number of nitrogens with one attached hydrogen (secondary N) is 1. The molecule has 8 heteroatoms. The first-order chi connectivity index (χ1) is 18.9. The van der Waals surface area contributed by atoms with E-state index < -0.39 is 5.41 Å². The Morgan fingerprint density at radius 2 is 2.08 bits per heavy atom. The molecule has 206 valence electrons. The molecule has 39 heavy (non-hydrogen) atoms. The summed E-state index contributed by atoms with van der Waals surface area (Å²) in [6, 6.07) is 8.88. The van der Waals surface area contributed by atoms with Crippen molar-refractivity contribution in [2.75, 3.05) is 36.5 Å². The Labute approximate surface area is 228 Å². The number of hydrogen-bond acceptors (Lipinski definition) is 6. The number of pyridine rings is 1. The van der Waals surface area contributed by atoms with Gasteiger partial charge in [-0.05, 0) is 91.2 Å². The number of nitrogens with zero attached hydrogens (tertiary/aromatic N) is 2. The zero-order valence-electron chi connectivity index (χ0n) is 22.4. The smallest absolute Gasteiger partial charge is 0.225 e. The minimum Gasteiger partial charge on any atom is -0.515 e. The van der Waals surface area contributed by atoms with E-state index in [9.17, 15) is 19.1 Å². The van der Waals surface area contributed by atoms with Crippen molar-refractivity contribution in [1.29, 1.82) is 0 Å². The summed E-state index contributed by atoms with van der Waals surface area (Å²) in [6.07, 6.45) is 6.74. The van der Waals surface area contributed by atoms with E-state index in [1.54, 1.807) is 12.3 Å². The Hall–Kier alpha value is -3.26. The number of ether oxygens (including phenoxy) is 1.